The maximum absolute atomic E-state index is 12.6. The Balaban J connectivity index is 1.72. The molecule has 0 saturated heterocycles. The van der Waals surface area contributed by atoms with Crippen LogP contribution in [0.3, 0.4) is 0 Å². The molecule has 0 aliphatic heterocycles. The molecule has 146 valence electrons. The van der Waals surface area contributed by atoms with Gasteiger partial charge in [0.25, 0.3) is 5.91 Å². The molecule has 1 heterocycles. The first-order chi connectivity index (χ1) is 13.0. The number of sulfone groups is 1. The molecule has 0 radical (unpaired) electrons. The second-order valence-corrected chi connectivity index (χ2v) is 8.74. The first-order valence-electron chi connectivity index (χ1n) is 7.79. The molecule has 0 spiro atoms. The van der Waals surface area contributed by atoms with E-state index in [1.54, 1.807) is 24.3 Å². The lowest BCUT2D eigenvalue weighted by Crippen LogP contribution is -2.12. The molecule has 1 amide bonds. The largest absolute Gasteiger partial charge is 0.443 e. The Kier molecular flexibility index (Phi) is 5.26. The third-order valence-corrected chi connectivity index (χ3v) is 5.75. The highest BCUT2D eigenvalue weighted by molar-refractivity contribution is 7.90. The van der Waals surface area contributed by atoms with Gasteiger partial charge < -0.3 is 5.32 Å². The van der Waals surface area contributed by atoms with Crippen LogP contribution in [0, 0.1) is 0 Å². The Hall–Kier alpha value is -2.72. The number of rotatable bonds is 4. The van der Waals surface area contributed by atoms with Crippen molar-refractivity contribution in [1.82, 2.24) is 4.98 Å². The first kappa shape index (κ1) is 20.0. The lowest BCUT2D eigenvalue weighted by Gasteiger charge is -2.07. The fraction of sp³-hybridized carbons (Fsp3) is 0.111. The zero-order valence-electron chi connectivity index (χ0n) is 14.3. The molecule has 28 heavy (non-hydrogen) atoms. The number of amides is 1. The first-order valence-corrected chi connectivity index (χ1v) is 10.6. The number of aromatic nitrogens is 1. The van der Waals surface area contributed by atoms with Crippen LogP contribution in [-0.4, -0.2) is 25.6 Å². The molecule has 0 atom stereocenters. The number of hydrogen-bond acceptors (Lipinski definition) is 5. The molecule has 1 aromatic heterocycles. The van der Waals surface area contributed by atoms with E-state index in [2.05, 4.69) is 10.3 Å². The lowest BCUT2D eigenvalue weighted by molar-refractivity contribution is -0.137. The van der Waals surface area contributed by atoms with E-state index in [0.717, 1.165) is 6.26 Å². The Morgan fingerprint density at radius 1 is 1.04 bits per heavy atom. The molecule has 2 aromatic carbocycles. The van der Waals surface area contributed by atoms with Crippen molar-refractivity contribution in [3.05, 3.63) is 64.5 Å². The number of anilines is 1. The number of hydrogen-bond donors (Lipinski definition) is 1. The van der Waals surface area contributed by atoms with Crippen LogP contribution >= 0.6 is 11.3 Å². The second kappa shape index (κ2) is 7.36. The summed E-state index contributed by atoms with van der Waals surface area (Å²) in [6.07, 6.45) is -3.41. The zero-order chi connectivity index (χ0) is 20.5. The number of halogens is 3. The van der Waals surface area contributed by atoms with Gasteiger partial charge >= 0.3 is 6.18 Å². The Morgan fingerprint density at radius 3 is 2.14 bits per heavy atom. The second-order valence-electron chi connectivity index (χ2n) is 5.86. The molecular formula is C18H13F3N2O3S2. The molecule has 0 aliphatic carbocycles. The fourth-order valence-electron chi connectivity index (χ4n) is 2.32. The highest BCUT2D eigenvalue weighted by atomic mass is 32.2. The summed E-state index contributed by atoms with van der Waals surface area (Å²) in [6.45, 7) is 0. The minimum Gasteiger partial charge on any atom is -0.322 e. The molecule has 0 aliphatic rings. The monoisotopic (exact) mass is 426 g/mol. The van der Waals surface area contributed by atoms with Gasteiger partial charge in [-0.25, -0.2) is 13.4 Å². The molecule has 3 aromatic rings. The summed E-state index contributed by atoms with van der Waals surface area (Å²) in [5.41, 5.74) is 1.40. The van der Waals surface area contributed by atoms with Crippen molar-refractivity contribution in [1.29, 1.82) is 0 Å². The standard InChI is InChI=1S/C18H13F3N2O3S2/c1-28(25,26)14-8-4-12(5-9-14)16(24)22-13-6-2-11(3-7-13)15-10-27-17(23-15)18(19,20)21/h2-10H,1H3,(H,22,24). The van der Waals surface area contributed by atoms with Crippen LogP contribution in [-0.2, 0) is 16.0 Å². The molecule has 0 saturated carbocycles. The quantitative estimate of drug-likeness (QED) is 0.667. The van der Waals surface area contributed by atoms with Crippen molar-refractivity contribution in [3.8, 4) is 11.3 Å². The van der Waals surface area contributed by atoms with Gasteiger partial charge in [0.1, 0.15) is 0 Å². The van der Waals surface area contributed by atoms with Gasteiger partial charge in [-0.15, -0.1) is 11.3 Å². The van der Waals surface area contributed by atoms with Crippen LogP contribution in [0.4, 0.5) is 18.9 Å². The van der Waals surface area contributed by atoms with Gasteiger partial charge in [0, 0.05) is 28.5 Å². The summed E-state index contributed by atoms with van der Waals surface area (Å²) >= 11 is 0.518. The molecule has 0 fully saturated rings. The number of nitrogens with one attached hydrogen (secondary N) is 1. The van der Waals surface area contributed by atoms with Crippen molar-refractivity contribution < 1.29 is 26.4 Å². The highest BCUT2D eigenvalue weighted by Gasteiger charge is 2.34. The van der Waals surface area contributed by atoms with Crippen molar-refractivity contribution in [2.24, 2.45) is 0 Å². The summed E-state index contributed by atoms with van der Waals surface area (Å²) in [5.74, 6) is -0.444. The van der Waals surface area contributed by atoms with E-state index in [-0.39, 0.29) is 16.2 Å². The minimum atomic E-state index is -4.48. The van der Waals surface area contributed by atoms with Crippen LogP contribution < -0.4 is 5.32 Å². The van der Waals surface area contributed by atoms with Gasteiger partial charge in [-0.2, -0.15) is 13.2 Å². The molecule has 10 heteroatoms. The number of carbonyl (C=O) groups is 1. The topological polar surface area (TPSA) is 76.1 Å². The normalized spacial score (nSPS) is 12.0. The molecule has 0 unspecified atom stereocenters. The van der Waals surface area contributed by atoms with E-state index in [1.807, 2.05) is 0 Å². The van der Waals surface area contributed by atoms with E-state index < -0.39 is 26.9 Å². The summed E-state index contributed by atoms with van der Waals surface area (Å²) in [5, 5.41) is 3.04. The van der Waals surface area contributed by atoms with Gasteiger partial charge in [0.15, 0.2) is 14.8 Å². The summed E-state index contributed by atoms with van der Waals surface area (Å²) in [4.78, 5) is 15.9. The number of benzene rings is 2. The summed E-state index contributed by atoms with van der Waals surface area (Å²) in [7, 11) is -3.35. The van der Waals surface area contributed by atoms with Gasteiger partial charge in [0.05, 0.1) is 10.6 Å². The molecular weight excluding hydrogens is 413 g/mol. The fourth-order valence-corrected chi connectivity index (χ4v) is 3.64. The van der Waals surface area contributed by atoms with Gasteiger partial charge in [0.2, 0.25) is 0 Å². The Morgan fingerprint density at radius 2 is 1.64 bits per heavy atom. The number of carbonyl (C=O) groups excluding carboxylic acids is 1. The van der Waals surface area contributed by atoms with Crippen LogP contribution in [0.1, 0.15) is 15.4 Å². The van der Waals surface area contributed by atoms with Gasteiger partial charge in [-0.1, -0.05) is 12.1 Å². The molecule has 0 bridgehead atoms. The molecule has 1 N–H and O–H groups in total. The third kappa shape index (κ3) is 4.57. The lowest BCUT2D eigenvalue weighted by atomic mass is 10.1. The predicted molar refractivity (Wildman–Crippen MR) is 100 cm³/mol. The van der Waals surface area contributed by atoms with Crippen LogP contribution in [0.5, 0.6) is 0 Å². The van der Waals surface area contributed by atoms with Gasteiger partial charge in [-0.3, -0.25) is 4.79 Å². The van der Waals surface area contributed by atoms with Crippen molar-refractivity contribution >= 4 is 32.8 Å². The van der Waals surface area contributed by atoms with E-state index in [9.17, 15) is 26.4 Å². The maximum Gasteiger partial charge on any atom is 0.443 e. The van der Waals surface area contributed by atoms with E-state index in [0.29, 0.717) is 22.6 Å². The van der Waals surface area contributed by atoms with E-state index in [4.69, 9.17) is 0 Å². The zero-order valence-corrected chi connectivity index (χ0v) is 16.0. The maximum atomic E-state index is 12.6. The van der Waals surface area contributed by atoms with Crippen LogP contribution in [0.15, 0.2) is 58.8 Å². The van der Waals surface area contributed by atoms with Crippen LogP contribution in [0.2, 0.25) is 0 Å². The van der Waals surface area contributed by atoms with E-state index >= 15 is 0 Å². The highest BCUT2D eigenvalue weighted by Crippen LogP contribution is 2.34. The SMILES string of the molecule is CS(=O)(=O)c1ccc(C(=O)Nc2ccc(-c3csc(C(F)(F)F)n3)cc2)cc1. The summed E-state index contributed by atoms with van der Waals surface area (Å²) < 4.78 is 60.8. The van der Waals surface area contributed by atoms with Crippen molar-refractivity contribution in [2.75, 3.05) is 11.6 Å². The number of thiazole rings is 1. The smallest absolute Gasteiger partial charge is 0.322 e. The van der Waals surface area contributed by atoms with Crippen LogP contribution in [0.25, 0.3) is 11.3 Å². The number of alkyl halides is 3. The average molecular weight is 426 g/mol. The summed E-state index contributed by atoms with van der Waals surface area (Å²) in [6, 6.07) is 11.7. The van der Waals surface area contributed by atoms with E-state index in [1.165, 1.54) is 29.6 Å². The average Bonchev–Trinajstić information content (AvgIpc) is 3.12. The predicted octanol–water partition coefficient (Wildman–Crippen LogP) is 4.48. The Labute approximate surface area is 162 Å². The van der Waals surface area contributed by atoms with Gasteiger partial charge in [-0.05, 0) is 36.4 Å². The number of nitrogens with zero attached hydrogens (tertiary/aromatic N) is 1. The molecule has 5 nitrogen and oxygen atoms in total. The molecule has 3 rings (SSSR count). The van der Waals surface area contributed by atoms with Crippen molar-refractivity contribution in [2.45, 2.75) is 11.1 Å². The minimum absolute atomic E-state index is 0.106. The Bertz CT molecular complexity index is 1100. The van der Waals surface area contributed by atoms with Crippen molar-refractivity contribution in [3.63, 3.8) is 0 Å². The third-order valence-electron chi connectivity index (χ3n) is 3.73.